The van der Waals surface area contributed by atoms with Gasteiger partial charge in [-0.1, -0.05) is 77.7 Å². The predicted molar refractivity (Wildman–Crippen MR) is 155 cm³/mol. The second-order valence-electron chi connectivity index (χ2n) is 9.00. The lowest BCUT2D eigenvalue weighted by Gasteiger charge is -2.30. The fourth-order valence-corrected chi connectivity index (χ4v) is 7.00. The molecule has 37 heavy (non-hydrogen) atoms. The van der Waals surface area contributed by atoms with Crippen LogP contribution >= 0.6 is 43.6 Å². The van der Waals surface area contributed by atoms with E-state index in [2.05, 4.69) is 36.9 Å². The van der Waals surface area contributed by atoms with Crippen molar-refractivity contribution in [3.05, 3.63) is 97.5 Å². The van der Waals surface area contributed by atoms with Crippen LogP contribution in [0.3, 0.4) is 0 Å². The molecule has 0 N–H and O–H groups in total. The number of para-hydroxylation sites is 1. The lowest BCUT2D eigenvalue weighted by Crippen LogP contribution is -2.40. The molecule has 0 bridgehead atoms. The quantitative estimate of drug-likeness (QED) is 0.252. The Hall–Kier alpha value is -2.42. The van der Waals surface area contributed by atoms with E-state index in [-0.39, 0.29) is 17.6 Å². The van der Waals surface area contributed by atoms with E-state index in [0.29, 0.717) is 22.4 Å². The number of benzene rings is 3. The molecule has 3 aromatic rings. The van der Waals surface area contributed by atoms with Crippen molar-refractivity contribution in [3.8, 4) is 5.75 Å². The van der Waals surface area contributed by atoms with Gasteiger partial charge in [0.2, 0.25) is 0 Å². The van der Waals surface area contributed by atoms with Crippen molar-refractivity contribution in [2.45, 2.75) is 44.8 Å². The van der Waals surface area contributed by atoms with Crippen molar-refractivity contribution in [2.75, 3.05) is 0 Å². The summed E-state index contributed by atoms with van der Waals surface area (Å²) in [5.41, 5.74) is 2.05. The molecule has 8 heteroatoms. The summed E-state index contributed by atoms with van der Waals surface area (Å²) in [6, 6.07) is 20.3. The number of halogens is 3. The Balaban J connectivity index is 1.51. The highest BCUT2D eigenvalue weighted by Gasteiger charge is 2.39. The van der Waals surface area contributed by atoms with E-state index >= 15 is 0 Å². The van der Waals surface area contributed by atoms with Gasteiger partial charge < -0.3 is 4.74 Å². The van der Waals surface area contributed by atoms with Crippen LogP contribution < -0.4 is 4.74 Å². The topological polar surface area (TPSA) is 41.9 Å². The minimum absolute atomic E-state index is 0.0632. The van der Waals surface area contributed by atoms with Crippen LogP contribution in [0.1, 0.15) is 43.2 Å². The van der Waals surface area contributed by atoms with Crippen molar-refractivity contribution >= 4 is 66.5 Å². The van der Waals surface area contributed by atoms with Crippen molar-refractivity contribution in [3.63, 3.8) is 0 Å². The molecular formula is C29H25Br2FN2O2S. The Kier molecular flexibility index (Phi) is 8.47. The largest absolute Gasteiger partial charge is 0.487 e. The van der Waals surface area contributed by atoms with Gasteiger partial charge in [0.05, 0.1) is 9.38 Å². The average molecular weight is 644 g/mol. The minimum Gasteiger partial charge on any atom is -0.487 e. The van der Waals surface area contributed by atoms with Crippen LogP contribution in [0, 0.1) is 5.82 Å². The van der Waals surface area contributed by atoms with E-state index in [1.807, 2.05) is 48.5 Å². The fraction of sp³-hybridized carbons (Fsp3) is 0.241. The van der Waals surface area contributed by atoms with Gasteiger partial charge in [0.1, 0.15) is 23.9 Å². The second kappa shape index (κ2) is 12.0. The highest BCUT2D eigenvalue weighted by atomic mass is 79.9. The molecule has 1 amide bonds. The molecule has 4 nitrogen and oxygen atoms in total. The lowest BCUT2D eigenvalue weighted by atomic mass is 9.94. The Labute approximate surface area is 237 Å². The number of rotatable bonds is 6. The van der Waals surface area contributed by atoms with E-state index in [1.165, 1.54) is 24.2 Å². The number of carbonyl (C=O) groups excluding carboxylic acids is 1. The van der Waals surface area contributed by atoms with E-state index in [9.17, 15) is 9.18 Å². The van der Waals surface area contributed by atoms with E-state index < -0.39 is 5.82 Å². The number of nitrogens with zero attached hydrogens (tertiary/aromatic N) is 2. The first-order valence-electron chi connectivity index (χ1n) is 12.2. The predicted octanol–water partition coefficient (Wildman–Crippen LogP) is 8.87. The first-order chi connectivity index (χ1) is 18.0. The van der Waals surface area contributed by atoms with Crippen LogP contribution in [-0.4, -0.2) is 22.0 Å². The maximum atomic E-state index is 14.5. The van der Waals surface area contributed by atoms with Crippen LogP contribution in [-0.2, 0) is 11.4 Å². The van der Waals surface area contributed by atoms with Gasteiger partial charge in [0, 0.05) is 16.1 Å². The molecule has 2 fully saturated rings. The number of aliphatic imine (C=N–C) groups is 1. The van der Waals surface area contributed by atoms with Gasteiger partial charge in [-0.15, -0.1) is 0 Å². The zero-order chi connectivity index (χ0) is 25.8. The van der Waals surface area contributed by atoms with Crippen LogP contribution in [0.4, 0.5) is 10.1 Å². The molecule has 190 valence electrons. The fourth-order valence-electron chi connectivity index (χ4n) is 4.58. The van der Waals surface area contributed by atoms with Gasteiger partial charge in [-0.2, -0.15) is 0 Å². The zero-order valence-electron chi connectivity index (χ0n) is 20.0. The molecule has 0 radical (unpaired) electrons. The molecule has 3 aromatic carbocycles. The summed E-state index contributed by atoms with van der Waals surface area (Å²) in [5, 5.41) is 0.522. The van der Waals surface area contributed by atoms with Crippen LogP contribution in [0.2, 0.25) is 0 Å². The van der Waals surface area contributed by atoms with Crippen molar-refractivity contribution in [2.24, 2.45) is 4.99 Å². The smallest absolute Gasteiger partial charge is 0.267 e. The van der Waals surface area contributed by atoms with Gasteiger partial charge in [-0.05, 0) is 76.4 Å². The third-order valence-corrected chi connectivity index (χ3v) is 8.42. The number of amides is 1. The summed E-state index contributed by atoms with van der Waals surface area (Å²) in [4.78, 5) is 20.7. The number of ether oxygens (including phenoxy) is 1. The number of hydrogen-bond acceptors (Lipinski definition) is 4. The maximum Gasteiger partial charge on any atom is 0.267 e. The van der Waals surface area contributed by atoms with Gasteiger partial charge in [-0.25, -0.2) is 9.38 Å². The summed E-state index contributed by atoms with van der Waals surface area (Å²) in [6.45, 7) is 0.395. The molecule has 1 aliphatic heterocycles. The maximum absolute atomic E-state index is 14.5. The van der Waals surface area contributed by atoms with Gasteiger partial charge in [-0.3, -0.25) is 9.69 Å². The van der Waals surface area contributed by atoms with E-state index in [0.717, 1.165) is 45.8 Å². The molecule has 5 rings (SSSR count). The van der Waals surface area contributed by atoms with Crippen LogP contribution in [0.15, 0.2) is 85.6 Å². The van der Waals surface area contributed by atoms with Crippen LogP contribution in [0.5, 0.6) is 5.75 Å². The number of hydrogen-bond donors (Lipinski definition) is 0. The third-order valence-electron chi connectivity index (χ3n) is 6.40. The molecular weight excluding hydrogens is 619 g/mol. The second-order valence-corrected chi connectivity index (χ2v) is 11.8. The summed E-state index contributed by atoms with van der Waals surface area (Å²) in [6.07, 6.45) is 7.00. The molecule has 1 heterocycles. The first-order valence-corrected chi connectivity index (χ1v) is 14.6. The van der Waals surface area contributed by atoms with Crippen molar-refractivity contribution in [1.29, 1.82) is 0 Å². The van der Waals surface area contributed by atoms with Crippen molar-refractivity contribution in [1.82, 2.24) is 4.90 Å². The molecule has 0 aromatic heterocycles. The first kappa shape index (κ1) is 26.2. The van der Waals surface area contributed by atoms with Gasteiger partial charge >= 0.3 is 0 Å². The van der Waals surface area contributed by atoms with E-state index in [4.69, 9.17) is 4.74 Å². The Morgan fingerprint density at radius 1 is 1.03 bits per heavy atom. The normalized spacial score (nSPS) is 18.7. The Morgan fingerprint density at radius 2 is 1.76 bits per heavy atom. The molecule has 0 spiro atoms. The minimum atomic E-state index is -0.406. The molecule has 1 saturated heterocycles. The number of carbonyl (C=O) groups is 1. The van der Waals surface area contributed by atoms with E-state index in [1.54, 1.807) is 23.1 Å². The summed E-state index contributed by atoms with van der Waals surface area (Å²) >= 11 is 8.48. The SMILES string of the molecule is O=C1/C(=C/c2cc(Br)cc(Br)c2OCc2ccccc2)SC(=Nc2ccccc2F)N1C1CCCCC1. The molecule has 0 unspecified atom stereocenters. The monoisotopic (exact) mass is 642 g/mol. The third kappa shape index (κ3) is 6.19. The van der Waals surface area contributed by atoms with Crippen molar-refractivity contribution < 1.29 is 13.9 Å². The summed E-state index contributed by atoms with van der Waals surface area (Å²) in [7, 11) is 0. The molecule has 0 atom stereocenters. The number of amidine groups is 1. The summed E-state index contributed by atoms with van der Waals surface area (Å²) in [5.74, 6) is 0.144. The highest BCUT2D eigenvalue weighted by molar-refractivity contribution is 9.11. The summed E-state index contributed by atoms with van der Waals surface area (Å²) < 4.78 is 22.3. The average Bonchev–Trinajstić information content (AvgIpc) is 3.20. The molecule has 1 aliphatic carbocycles. The van der Waals surface area contributed by atoms with Gasteiger partial charge in [0.25, 0.3) is 5.91 Å². The Bertz CT molecular complexity index is 1360. The van der Waals surface area contributed by atoms with Gasteiger partial charge in [0.15, 0.2) is 5.17 Å². The Morgan fingerprint density at radius 3 is 2.51 bits per heavy atom. The lowest BCUT2D eigenvalue weighted by molar-refractivity contribution is -0.124. The van der Waals surface area contributed by atoms with Crippen LogP contribution in [0.25, 0.3) is 6.08 Å². The standard InChI is InChI=1S/C29H25Br2FN2O2S/c30-21-15-20(27(23(31)17-21)36-18-19-9-3-1-4-10-19)16-26-28(35)34(22-11-5-2-6-12-22)29(37-26)33-25-14-8-7-13-24(25)32/h1,3-4,7-10,13-17,22H,2,5-6,11-12,18H2/b26-16-,33-29?. The zero-order valence-corrected chi connectivity index (χ0v) is 24.0. The molecule has 2 aliphatic rings. The highest BCUT2D eigenvalue weighted by Crippen LogP contribution is 2.41. The number of thioether (sulfide) groups is 1. The molecule has 1 saturated carbocycles.